The van der Waals surface area contributed by atoms with Crippen LogP contribution in [0.15, 0.2) is 60.7 Å². The van der Waals surface area contributed by atoms with Crippen LogP contribution < -0.4 is 10.2 Å². The highest BCUT2D eigenvalue weighted by Gasteiger charge is 2.27. The van der Waals surface area contributed by atoms with E-state index in [1.54, 1.807) is 29.2 Å². The lowest BCUT2D eigenvalue weighted by molar-refractivity contribution is -0.142. The molecule has 3 N–H and O–H groups in total. The van der Waals surface area contributed by atoms with Crippen LogP contribution in [0.3, 0.4) is 0 Å². The topological polar surface area (TPSA) is 89.9 Å². The summed E-state index contributed by atoms with van der Waals surface area (Å²) >= 11 is 0. The van der Waals surface area contributed by atoms with E-state index >= 15 is 0 Å². The molecule has 39 heavy (non-hydrogen) atoms. The predicted molar refractivity (Wildman–Crippen MR) is 138 cm³/mol. The number of rotatable bonds is 13. The Morgan fingerprint density at radius 3 is 1.54 bits per heavy atom. The summed E-state index contributed by atoms with van der Waals surface area (Å²) in [4.78, 5) is 25.1. The monoisotopic (exact) mass is 546 g/mol. The maximum Gasteiger partial charge on any atom is 0.321 e. The molecule has 208 valence electrons. The number of halogens is 4. The maximum absolute atomic E-state index is 13.8. The average molecular weight is 547 g/mol. The van der Waals surface area contributed by atoms with Gasteiger partial charge in [0.15, 0.2) is 0 Å². The molecule has 0 fully saturated rings. The van der Waals surface area contributed by atoms with Crippen molar-refractivity contribution in [2.45, 2.75) is 51.9 Å². The molecule has 0 heterocycles. The van der Waals surface area contributed by atoms with Gasteiger partial charge in [-0.25, -0.2) is 17.6 Å². The van der Waals surface area contributed by atoms with Crippen LogP contribution in [0.2, 0.25) is 0 Å². The van der Waals surface area contributed by atoms with Crippen LogP contribution >= 0.6 is 0 Å². The van der Waals surface area contributed by atoms with Crippen molar-refractivity contribution >= 4 is 17.6 Å². The van der Waals surface area contributed by atoms with Gasteiger partial charge in [0.1, 0.15) is 35.4 Å². The number of aliphatic carboxylic acids is 2. The van der Waals surface area contributed by atoms with E-state index in [0.29, 0.717) is 22.4 Å². The largest absolute Gasteiger partial charge is 0.480 e. The van der Waals surface area contributed by atoms with E-state index in [0.717, 1.165) is 36.4 Å². The second kappa shape index (κ2) is 13.2. The molecule has 0 saturated heterocycles. The first-order valence-electron chi connectivity index (χ1n) is 12.3. The summed E-state index contributed by atoms with van der Waals surface area (Å²) < 4.78 is 55.3. The zero-order chi connectivity index (χ0) is 28.7. The normalized spacial score (nSPS) is 12.8. The number of hydrogen-bond donors (Lipinski definition) is 3. The maximum atomic E-state index is 13.8. The van der Waals surface area contributed by atoms with Crippen LogP contribution in [-0.2, 0) is 29.1 Å². The smallest absolute Gasteiger partial charge is 0.321 e. The second-order valence-electron chi connectivity index (χ2n) is 9.86. The zero-order valence-corrected chi connectivity index (χ0v) is 21.5. The van der Waals surface area contributed by atoms with Crippen molar-refractivity contribution in [3.05, 3.63) is 101 Å². The minimum absolute atomic E-state index is 0.00169. The van der Waals surface area contributed by atoms with E-state index in [1.807, 2.05) is 13.8 Å². The third-order valence-corrected chi connectivity index (χ3v) is 6.04. The van der Waals surface area contributed by atoms with E-state index in [-0.39, 0.29) is 31.8 Å². The van der Waals surface area contributed by atoms with Crippen molar-refractivity contribution in [2.75, 3.05) is 4.90 Å². The summed E-state index contributed by atoms with van der Waals surface area (Å²) in [6.07, 6.45) is 0.260. The summed E-state index contributed by atoms with van der Waals surface area (Å²) in [5, 5.41) is 21.9. The number of carboxylic acids is 2. The fourth-order valence-corrected chi connectivity index (χ4v) is 4.33. The Labute approximate surface area is 223 Å². The standard InChI is InChI=1S/C29H30F4N2O4/c1-17(2)7-26(28(36)37)34-27(29(38)39)12-18-3-5-25(6-4-18)35(15-19-8-21(30)13-22(31)9-19)16-20-10-23(32)14-24(33)11-20/h3-6,8-11,13-14,17,26-27,34H,7,12,15-16H2,1-2H3,(H,36,37)(H,38,39)/t26-,27-/m0/s1. The van der Waals surface area contributed by atoms with Crippen molar-refractivity contribution in [1.82, 2.24) is 5.32 Å². The molecule has 3 aromatic rings. The molecule has 0 spiro atoms. The Morgan fingerprint density at radius 1 is 0.718 bits per heavy atom. The van der Waals surface area contributed by atoms with E-state index in [4.69, 9.17) is 0 Å². The number of benzene rings is 3. The van der Waals surface area contributed by atoms with Crippen molar-refractivity contribution in [3.63, 3.8) is 0 Å². The molecule has 0 aliphatic heterocycles. The Bertz CT molecular complexity index is 1210. The SMILES string of the molecule is CC(C)C[C@H](N[C@@H](Cc1ccc(N(Cc2cc(F)cc(F)c2)Cc2cc(F)cc(F)c2)cc1)C(=O)O)C(=O)O. The number of anilines is 1. The minimum atomic E-state index is -1.20. The third kappa shape index (κ3) is 9.10. The van der Waals surface area contributed by atoms with Gasteiger partial charge in [0.25, 0.3) is 0 Å². The summed E-state index contributed by atoms with van der Waals surface area (Å²) in [5.74, 6) is -5.34. The Kier molecular flexibility index (Phi) is 10.1. The number of hydrogen-bond acceptors (Lipinski definition) is 4. The molecule has 0 aromatic heterocycles. The van der Waals surface area contributed by atoms with Gasteiger partial charge in [-0.2, -0.15) is 0 Å². The highest BCUT2D eigenvalue weighted by molar-refractivity contribution is 5.77. The average Bonchev–Trinajstić information content (AvgIpc) is 2.81. The molecule has 0 saturated carbocycles. The van der Waals surface area contributed by atoms with Crippen molar-refractivity contribution in [3.8, 4) is 0 Å². The molecular formula is C29H30F4N2O4. The van der Waals surface area contributed by atoms with Gasteiger partial charge in [0, 0.05) is 30.9 Å². The fraction of sp³-hybridized carbons (Fsp3) is 0.310. The minimum Gasteiger partial charge on any atom is -0.480 e. The quantitative estimate of drug-likeness (QED) is 0.244. The van der Waals surface area contributed by atoms with Gasteiger partial charge in [-0.05, 0) is 71.8 Å². The molecule has 0 amide bonds. The van der Waals surface area contributed by atoms with Crippen LogP contribution in [0.25, 0.3) is 0 Å². The molecule has 0 radical (unpaired) electrons. The number of carboxylic acid groups (broad SMARTS) is 2. The lowest BCUT2D eigenvalue weighted by atomic mass is 10.0. The van der Waals surface area contributed by atoms with Crippen LogP contribution in [0.1, 0.15) is 37.0 Å². The number of carbonyl (C=O) groups is 2. The summed E-state index contributed by atoms with van der Waals surface area (Å²) in [5.41, 5.74) is 1.75. The Hall–Kier alpha value is -3.92. The first-order chi connectivity index (χ1) is 18.4. The van der Waals surface area contributed by atoms with Crippen LogP contribution in [0.5, 0.6) is 0 Å². The molecule has 0 aliphatic carbocycles. The predicted octanol–water partition coefficient (Wildman–Crippen LogP) is 5.53. The van der Waals surface area contributed by atoms with Crippen LogP contribution in [-0.4, -0.2) is 34.2 Å². The molecule has 0 bridgehead atoms. The molecule has 6 nitrogen and oxygen atoms in total. The highest BCUT2D eigenvalue weighted by Crippen LogP contribution is 2.23. The molecule has 3 aromatic carbocycles. The summed E-state index contributed by atoms with van der Waals surface area (Å²) in [7, 11) is 0. The Morgan fingerprint density at radius 2 is 1.15 bits per heavy atom. The van der Waals surface area contributed by atoms with Crippen molar-refractivity contribution < 1.29 is 37.4 Å². The van der Waals surface area contributed by atoms with Gasteiger partial charge in [-0.3, -0.25) is 14.9 Å². The Balaban J connectivity index is 1.85. The first kappa shape index (κ1) is 29.6. The zero-order valence-electron chi connectivity index (χ0n) is 21.5. The lowest BCUT2D eigenvalue weighted by Gasteiger charge is -2.26. The molecule has 3 rings (SSSR count). The first-order valence-corrected chi connectivity index (χ1v) is 12.3. The van der Waals surface area contributed by atoms with Gasteiger partial charge in [0.05, 0.1) is 0 Å². The number of nitrogens with zero attached hydrogens (tertiary/aromatic N) is 1. The fourth-order valence-electron chi connectivity index (χ4n) is 4.33. The van der Waals surface area contributed by atoms with Gasteiger partial charge in [-0.15, -0.1) is 0 Å². The van der Waals surface area contributed by atoms with Crippen LogP contribution in [0, 0.1) is 29.2 Å². The van der Waals surface area contributed by atoms with E-state index in [9.17, 15) is 37.4 Å². The van der Waals surface area contributed by atoms with Crippen molar-refractivity contribution in [1.29, 1.82) is 0 Å². The molecule has 2 atom stereocenters. The van der Waals surface area contributed by atoms with Gasteiger partial charge in [0.2, 0.25) is 0 Å². The molecule has 0 unspecified atom stereocenters. The second-order valence-corrected chi connectivity index (χ2v) is 9.86. The summed E-state index contributed by atoms with van der Waals surface area (Å²) in [6.45, 7) is 3.71. The van der Waals surface area contributed by atoms with Gasteiger partial charge < -0.3 is 15.1 Å². The molecular weight excluding hydrogens is 516 g/mol. The molecule has 10 heteroatoms. The van der Waals surface area contributed by atoms with Crippen LogP contribution in [0.4, 0.5) is 23.2 Å². The van der Waals surface area contributed by atoms with E-state index < -0.39 is 47.3 Å². The summed E-state index contributed by atoms with van der Waals surface area (Å²) in [6, 6.07) is 10.6. The van der Waals surface area contributed by atoms with Gasteiger partial charge >= 0.3 is 11.9 Å². The highest BCUT2D eigenvalue weighted by atomic mass is 19.1. The molecule has 0 aliphatic rings. The number of nitrogens with one attached hydrogen (secondary N) is 1. The van der Waals surface area contributed by atoms with E-state index in [1.165, 1.54) is 0 Å². The lowest BCUT2D eigenvalue weighted by Crippen LogP contribution is -2.48. The third-order valence-electron chi connectivity index (χ3n) is 6.04. The van der Waals surface area contributed by atoms with Gasteiger partial charge in [-0.1, -0.05) is 26.0 Å². The van der Waals surface area contributed by atoms with E-state index in [2.05, 4.69) is 5.32 Å². The van der Waals surface area contributed by atoms with Crippen molar-refractivity contribution in [2.24, 2.45) is 5.92 Å².